The fourth-order valence-corrected chi connectivity index (χ4v) is 2.34. The van der Waals surface area contributed by atoms with Crippen LogP contribution in [0.25, 0.3) is 10.9 Å². The van der Waals surface area contributed by atoms with E-state index in [0.717, 1.165) is 10.9 Å². The minimum Gasteiger partial charge on any atom is -0.448 e. The van der Waals surface area contributed by atoms with E-state index >= 15 is 0 Å². The summed E-state index contributed by atoms with van der Waals surface area (Å²) in [5.41, 5.74) is 1.47. The maximum atomic E-state index is 12.2. The molecule has 3 aromatic rings. The first kappa shape index (κ1) is 16.0. The van der Waals surface area contributed by atoms with Crippen molar-refractivity contribution < 1.29 is 14.3 Å². The van der Waals surface area contributed by atoms with Gasteiger partial charge < -0.3 is 15.0 Å². The summed E-state index contributed by atoms with van der Waals surface area (Å²) in [5, 5.41) is 3.63. The number of benzene rings is 1. The largest absolute Gasteiger partial charge is 0.448 e. The van der Waals surface area contributed by atoms with Crippen LogP contribution in [0.1, 0.15) is 17.4 Å². The van der Waals surface area contributed by atoms with Gasteiger partial charge in [-0.05, 0) is 31.2 Å². The summed E-state index contributed by atoms with van der Waals surface area (Å²) in [4.78, 5) is 31.1. The summed E-state index contributed by atoms with van der Waals surface area (Å²) in [6.07, 6.45) is 0.525. The zero-order valence-electron chi connectivity index (χ0n) is 12.7. The number of fused-ring (bicyclic) bond motifs is 1. The lowest BCUT2D eigenvalue weighted by molar-refractivity contribution is -0.123. The van der Waals surface area contributed by atoms with Crippen LogP contribution in [0.3, 0.4) is 0 Å². The summed E-state index contributed by atoms with van der Waals surface area (Å²) in [5.74, 6) is -1.10. The van der Waals surface area contributed by atoms with Crippen LogP contribution in [-0.2, 0) is 9.53 Å². The van der Waals surface area contributed by atoms with Gasteiger partial charge in [-0.1, -0.05) is 29.8 Å². The average molecular weight is 344 g/mol. The summed E-state index contributed by atoms with van der Waals surface area (Å²) in [6.45, 7) is 1.49. The highest BCUT2D eigenvalue weighted by Gasteiger charge is 2.21. The molecule has 24 heavy (non-hydrogen) atoms. The number of nitrogens with one attached hydrogen (secondary N) is 2. The van der Waals surface area contributed by atoms with Crippen LogP contribution in [0.4, 0.5) is 5.69 Å². The van der Waals surface area contributed by atoms with Gasteiger partial charge in [-0.15, -0.1) is 0 Å². The number of para-hydroxylation sites is 1. The van der Waals surface area contributed by atoms with Crippen molar-refractivity contribution in [3.63, 3.8) is 0 Å². The number of anilines is 1. The molecule has 0 radical (unpaired) electrons. The van der Waals surface area contributed by atoms with Gasteiger partial charge in [0.05, 0.1) is 5.69 Å². The van der Waals surface area contributed by atoms with Gasteiger partial charge in [-0.3, -0.25) is 4.79 Å². The lowest BCUT2D eigenvalue weighted by Gasteiger charge is -2.13. The highest BCUT2D eigenvalue weighted by atomic mass is 35.5. The first-order chi connectivity index (χ1) is 11.5. The van der Waals surface area contributed by atoms with Crippen molar-refractivity contribution in [2.24, 2.45) is 0 Å². The standard InChI is InChI=1S/C17H14ClN3O3/c1-10(16(22)21-13-7-4-8-19-15(13)18)24-17(23)14-9-11-5-2-3-6-12(11)20-14/h2-10,20H,1H3,(H,21,22)/t10-/m0/s1. The van der Waals surface area contributed by atoms with Gasteiger partial charge in [-0.25, -0.2) is 9.78 Å². The van der Waals surface area contributed by atoms with Crippen molar-refractivity contribution >= 4 is 40.1 Å². The predicted molar refractivity (Wildman–Crippen MR) is 91.1 cm³/mol. The normalized spacial score (nSPS) is 11.9. The van der Waals surface area contributed by atoms with E-state index in [1.165, 1.54) is 13.1 Å². The molecule has 0 spiro atoms. The van der Waals surface area contributed by atoms with Crippen molar-refractivity contribution in [2.45, 2.75) is 13.0 Å². The number of hydrogen-bond acceptors (Lipinski definition) is 4. The Morgan fingerprint density at radius 1 is 1.25 bits per heavy atom. The van der Waals surface area contributed by atoms with Crippen LogP contribution in [0, 0.1) is 0 Å². The zero-order valence-corrected chi connectivity index (χ0v) is 13.5. The minimum absolute atomic E-state index is 0.167. The monoisotopic (exact) mass is 343 g/mol. The maximum Gasteiger partial charge on any atom is 0.355 e. The molecule has 1 aromatic carbocycles. The SMILES string of the molecule is C[C@H](OC(=O)c1cc2ccccc2[nH]1)C(=O)Nc1cccnc1Cl. The first-order valence-corrected chi connectivity index (χ1v) is 7.62. The summed E-state index contributed by atoms with van der Waals surface area (Å²) in [6, 6.07) is 12.4. The van der Waals surface area contributed by atoms with Crippen LogP contribution >= 0.6 is 11.6 Å². The summed E-state index contributed by atoms with van der Waals surface area (Å²) in [7, 11) is 0. The van der Waals surface area contributed by atoms with Crippen molar-refractivity contribution in [3.05, 3.63) is 59.5 Å². The Kier molecular flexibility index (Phi) is 4.48. The third-order valence-electron chi connectivity index (χ3n) is 3.42. The van der Waals surface area contributed by atoms with Crippen LogP contribution in [0.5, 0.6) is 0 Å². The molecule has 6 nitrogen and oxygen atoms in total. The quantitative estimate of drug-likeness (QED) is 0.561. The van der Waals surface area contributed by atoms with E-state index in [9.17, 15) is 9.59 Å². The van der Waals surface area contributed by atoms with E-state index < -0.39 is 18.0 Å². The Labute approximate surface area is 142 Å². The van der Waals surface area contributed by atoms with E-state index in [2.05, 4.69) is 15.3 Å². The molecular weight excluding hydrogens is 330 g/mol. The number of nitrogens with zero attached hydrogens (tertiary/aromatic N) is 1. The van der Waals surface area contributed by atoms with Crippen LogP contribution in [0.15, 0.2) is 48.7 Å². The van der Waals surface area contributed by atoms with Gasteiger partial charge in [0.2, 0.25) is 0 Å². The molecule has 2 aromatic heterocycles. The minimum atomic E-state index is -0.986. The molecule has 3 rings (SSSR count). The molecular formula is C17H14ClN3O3. The van der Waals surface area contributed by atoms with Crippen molar-refractivity contribution in [3.8, 4) is 0 Å². The van der Waals surface area contributed by atoms with Crippen LogP contribution < -0.4 is 5.32 Å². The molecule has 0 saturated heterocycles. The molecule has 1 amide bonds. The molecule has 122 valence electrons. The molecule has 0 aliphatic carbocycles. The second-order valence-electron chi connectivity index (χ2n) is 5.15. The lowest BCUT2D eigenvalue weighted by atomic mass is 10.2. The van der Waals surface area contributed by atoms with Gasteiger partial charge in [0.15, 0.2) is 11.3 Å². The third-order valence-corrected chi connectivity index (χ3v) is 3.72. The van der Waals surface area contributed by atoms with Crippen molar-refractivity contribution in [1.82, 2.24) is 9.97 Å². The number of pyridine rings is 1. The van der Waals surface area contributed by atoms with Crippen LogP contribution in [-0.4, -0.2) is 27.9 Å². The highest BCUT2D eigenvalue weighted by Crippen LogP contribution is 2.19. The number of esters is 1. The Balaban J connectivity index is 1.67. The average Bonchev–Trinajstić information content (AvgIpc) is 3.01. The molecule has 0 saturated carbocycles. The number of rotatable bonds is 4. The van der Waals surface area contributed by atoms with E-state index in [1.807, 2.05) is 24.3 Å². The van der Waals surface area contributed by atoms with Gasteiger partial charge in [0, 0.05) is 17.1 Å². The van der Waals surface area contributed by atoms with Gasteiger partial charge >= 0.3 is 5.97 Å². The molecule has 1 atom stereocenters. The molecule has 0 unspecified atom stereocenters. The van der Waals surface area contributed by atoms with Crippen molar-refractivity contribution in [1.29, 1.82) is 0 Å². The number of aromatic nitrogens is 2. The highest BCUT2D eigenvalue weighted by molar-refractivity contribution is 6.32. The summed E-state index contributed by atoms with van der Waals surface area (Å²) >= 11 is 5.88. The van der Waals surface area contributed by atoms with Gasteiger partial charge in [0.25, 0.3) is 5.91 Å². The van der Waals surface area contributed by atoms with Crippen molar-refractivity contribution in [2.75, 3.05) is 5.32 Å². The molecule has 2 N–H and O–H groups in total. The molecule has 0 aliphatic rings. The number of carbonyl (C=O) groups excluding carboxylic acids is 2. The second kappa shape index (κ2) is 6.72. The lowest BCUT2D eigenvalue weighted by Crippen LogP contribution is -2.30. The fourth-order valence-electron chi connectivity index (χ4n) is 2.17. The Morgan fingerprint density at radius 3 is 2.79 bits per heavy atom. The number of aromatic amines is 1. The molecule has 7 heteroatoms. The Hall–Kier alpha value is -2.86. The number of carbonyl (C=O) groups is 2. The van der Waals surface area contributed by atoms with E-state index in [-0.39, 0.29) is 10.8 Å². The molecule has 0 aliphatic heterocycles. The number of H-pyrrole nitrogens is 1. The molecule has 2 heterocycles. The van der Waals surface area contributed by atoms with Gasteiger partial charge in [-0.2, -0.15) is 0 Å². The number of halogens is 1. The maximum absolute atomic E-state index is 12.2. The van der Waals surface area contributed by atoms with E-state index in [1.54, 1.807) is 18.2 Å². The molecule has 0 fully saturated rings. The third kappa shape index (κ3) is 3.38. The fraction of sp³-hybridized carbons (Fsp3) is 0.118. The Morgan fingerprint density at radius 2 is 2.04 bits per heavy atom. The predicted octanol–water partition coefficient (Wildman–Crippen LogP) is 3.40. The van der Waals surface area contributed by atoms with E-state index in [4.69, 9.17) is 16.3 Å². The number of hydrogen-bond donors (Lipinski definition) is 2. The topological polar surface area (TPSA) is 84.1 Å². The summed E-state index contributed by atoms with van der Waals surface area (Å²) < 4.78 is 5.19. The Bertz CT molecular complexity index is 874. The first-order valence-electron chi connectivity index (χ1n) is 7.24. The zero-order chi connectivity index (χ0) is 17.1. The number of ether oxygens (including phenoxy) is 1. The number of amides is 1. The van der Waals surface area contributed by atoms with Gasteiger partial charge in [0.1, 0.15) is 5.69 Å². The van der Waals surface area contributed by atoms with Crippen LogP contribution in [0.2, 0.25) is 5.15 Å². The van der Waals surface area contributed by atoms with E-state index in [0.29, 0.717) is 5.69 Å². The second-order valence-corrected chi connectivity index (χ2v) is 5.51. The molecule has 0 bridgehead atoms. The smallest absolute Gasteiger partial charge is 0.355 e.